The van der Waals surface area contributed by atoms with Gasteiger partial charge in [0.2, 0.25) is 0 Å². The Kier molecular flexibility index (Phi) is 22.3. The van der Waals surface area contributed by atoms with Crippen molar-refractivity contribution in [3.05, 3.63) is 188 Å². The van der Waals surface area contributed by atoms with Crippen LogP contribution in [0, 0.1) is 0 Å². The predicted octanol–water partition coefficient (Wildman–Crippen LogP) is 16.3. The van der Waals surface area contributed by atoms with Crippen molar-refractivity contribution in [2.45, 2.75) is 0 Å². The number of hydrogen-bond acceptors (Lipinski definition) is 10. The molecule has 1 aliphatic heterocycles. The predicted molar refractivity (Wildman–Crippen MR) is 341 cm³/mol. The fraction of sp³-hybridized carbons (Fsp3) is 0.242. The number of rotatable bonds is 7. The van der Waals surface area contributed by atoms with Gasteiger partial charge >= 0.3 is 0 Å². The minimum atomic E-state index is 0.556. The smallest absolute Gasteiger partial charge is 0.138 e. The average molecular weight is 1360 g/mol. The van der Waals surface area contributed by atoms with Crippen LogP contribution < -0.4 is 0 Å². The molecule has 12 nitrogen and oxygen atoms in total. The van der Waals surface area contributed by atoms with E-state index in [1.807, 2.05) is 0 Å². The third-order valence-corrected chi connectivity index (χ3v) is 15.7. The highest BCUT2D eigenvalue weighted by Gasteiger charge is 2.18. The van der Waals surface area contributed by atoms with Gasteiger partial charge in [0.1, 0.15) is 11.6 Å². The van der Waals surface area contributed by atoms with Gasteiger partial charge in [-0.15, -0.1) is 0 Å². The van der Waals surface area contributed by atoms with Crippen LogP contribution in [0.3, 0.4) is 0 Å². The van der Waals surface area contributed by atoms with E-state index in [-0.39, 0.29) is 0 Å². The molecular weight excluding hydrogens is 1300 g/mol. The molecule has 82 heavy (non-hydrogen) atoms. The Morgan fingerprint density at radius 1 is 0.232 bits per heavy atom. The van der Waals surface area contributed by atoms with E-state index in [1.54, 1.807) is 0 Å². The minimum absolute atomic E-state index is 0.556. The number of hydrogen-bond donors (Lipinski definition) is 2. The quantitative estimate of drug-likeness (QED) is 0.159. The maximum Gasteiger partial charge on any atom is 0.138 e. The van der Waals surface area contributed by atoms with Gasteiger partial charge in [0.15, 0.2) is 0 Å². The van der Waals surface area contributed by atoms with E-state index in [1.165, 1.54) is 0 Å². The summed E-state index contributed by atoms with van der Waals surface area (Å²) in [5, 5.41) is 0. The number of ether oxygens (including phenoxy) is 8. The van der Waals surface area contributed by atoms with Crippen LogP contribution in [0.25, 0.3) is 100 Å². The lowest BCUT2D eigenvalue weighted by molar-refractivity contribution is -0.0334. The first-order valence-corrected chi connectivity index (χ1v) is 30.4. The zero-order valence-electron chi connectivity index (χ0n) is 45.2. The standard InChI is InChI=1S/C50H30Br4N4.C16H32O8/c51-37-17-9-31(10-18-37)41-25-26-42(32-11-19-38(52)20-12-32)46-45(41)55-49(56-46)35-5-1-29(2-6-35)30-3-7-36(8-4-30)50-57-47-43(33-13-21-39(53)22-14-33)27-28-44(48(47)58-50)34-15-23-40(54)24-16-34;1-2-18-5-6-20-9-10-22-13-14-24-16-15-23-12-11-21-8-7-19-4-3-17-1/h1-28H,(H,55,56)(H,57,58);1-16H2. The van der Waals surface area contributed by atoms with Gasteiger partial charge in [0.25, 0.3) is 0 Å². The van der Waals surface area contributed by atoms with Gasteiger partial charge in [-0.25, -0.2) is 9.97 Å². The number of nitrogens with zero attached hydrogens (tertiary/aromatic N) is 2. The average Bonchev–Trinajstić information content (AvgIpc) is 3.96. The molecule has 0 spiro atoms. The molecule has 0 radical (unpaired) electrons. The lowest BCUT2D eigenvalue weighted by Crippen LogP contribution is -2.16. The normalized spacial score (nSPS) is 15.1. The summed E-state index contributed by atoms with van der Waals surface area (Å²) in [6, 6.07) is 59.6. The van der Waals surface area contributed by atoms with Crippen LogP contribution >= 0.6 is 63.7 Å². The molecule has 0 amide bonds. The van der Waals surface area contributed by atoms with Gasteiger partial charge in [0.05, 0.1) is 128 Å². The Hall–Kier alpha value is -5.70. The van der Waals surface area contributed by atoms with Crippen molar-refractivity contribution >= 4 is 85.8 Å². The molecule has 8 aromatic carbocycles. The van der Waals surface area contributed by atoms with Crippen LogP contribution in [-0.2, 0) is 37.9 Å². The third kappa shape index (κ3) is 16.3. The molecule has 11 rings (SSSR count). The van der Waals surface area contributed by atoms with Crippen molar-refractivity contribution in [2.24, 2.45) is 0 Å². The Morgan fingerprint density at radius 3 is 0.671 bits per heavy atom. The number of aromatic amines is 2. The van der Waals surface area contributed by atoms with E-state index in [2.05, 4.69) is 244 Å². The number of aromatic nitrogens is 4. The van der Waals surface area contributed by atoms with Crippen molar-refractivity contribution in [1.29, 1.82) is 0 Å². The molecule has 1 saturated heterocycles. The summed E-state index contributed by atoms with van der Waals surface area (Å²) in [5.74, 6) is 1.66. The Balaban J connectivity index is 0.000000265. The summed E-state index contributed by atoms with van der Waals surface area (Å²) in [4.78, 5) is 17.8. The van der Waals surface area contributed by atoms with Gasteiger partial charge in [-0.3, -0.25) is 0 Å². The summed E-state index contributed by atoms with van der Waals surface area (Å²) in [6.07, 6.45) is 0. The maximum absolute atomic E-state index is 5.39. The van der Waals surface area contributed by atoms with Crippen LogP contribution in [0.4, 0.5) is 0 Å². The SMILES string of the molecule is Brc1ccc(-c2ccc(-c3ccc(Br)cc3)c3[nH]c(-c4ccc(-c5ccc(-c6nc7c(-c8ccc(Br)cc8)ccc(-c8ccc(Br)cc8)c7[nH]6)cc5)cc4)nc23)cc1.C1COCCOCCOCCOCCOCCOCCOCCO1. The fourth-order valence-electron chi connectivity index (χ4n) is 9.32. The molecule has 1 aliphatic rings. The number of nitrogens with one attached hydrogen (secondary N) is 2. The van der Waals surface area contributed by atoms with Gasteiger partial charge in [-0.1, -0.05) is 185 Å². The number of halogens is 4. The molecule has 10 aromatic rings. The lowest BCUT2D eigenvalue weighted by atomic mass is 9.98. The van der Waals surface area contributed by atoms with Crippen molar-refractivity contribution in [1.82, 2.24) is 19.9 Å². The van der Waals surface area contributed by atoms with E-state index in [4.69, 9.17) is 47.9 Å². The highest BCUT2D eigenvalue weighted by atomic mass is 79.9. The van der Waals surface area contributed by atoms with Crippen LogP contribution in [-0.4, -0.2) is 126 Å². The van der Waals surface area contributed by atoms with E-state index >= 15 is 0 Å². The molecule has 3 heterocycles. The Bertz CT molecular complexity index is 3090. The molecule has 0 bridgehead atoms. The van der Waals surface area contributed by atoms with Gasteiger partial charge in [0, 0.05) is 51.3 Å². The molecule has 16 heteroatoms. The second-order valence-corrected chi connectivity index (χ2v) is 22.7. The molecule has 1 fully saturated rings. The summed E-state index contributed by atoms with van der Waals surface area (Å²) in [5.41, 5.74) is 17.1. The summed E-state index contributed by atoms with van der Waals surface area (Å²) < 4.78 is 47.3. The number of H-pyrrole nitrogens is 2. The topological polar surface area (TPSA) is 131 Å². The van der Waals surface area contributed by atoms with Crippen LogP contribution in [0.5, 0.6) is 0 Å². The number of imidazole rings is 2. The van der Waals surface area contributed by atoms with Gasteiger partial charge in [-0.2, -0.15) is 0 Å². The summed E-state index contributed by atoms with van der Waals surface area (Å²) >= 11 is 14.3. The monoisotopic (exact) mass is 1350 g/mol. The van der Waals surface area contributed by atoms with Crippen LogP contribution in [0.15, 0.2) is 188 Å². The van der Waals surface area contributed by atoms with Crippen molar-refractivity contribution in [2.75, 3.05) is 106 Å². The van der Waals surface area contributed by atoms with Crippen LogP contribution in [0.1, 0.15) is 0 Å². The second kappa shape index (κ2) is 30.7. The first-order valence-electron chi connectivity index (χ1n) is 27.3. The first-order chi connectivity index (χ1) is 40.3. The zero-order chi connectivity index (χ0) is 56.3. The number of fused-ring (bicyclic) bond motifs is 2. The van der Waals surface area contributed by atoms with Crippen molar-refractivity contribution in [3.63, 3.8) is 0 Å². The van der Waals surface area contributed by atoms with Crippen molar-refractivity contribution in [3.8, 4) is 78.4 Å². The first kappa shape index (κ1) is 59.5. The van der Waals surface area contributed by atoms with E-state index in [0.717, 1.165) is 118 Å². The highest BCUT2D eigenvalue weighted by molar-refractivity contribution is 9.11. The number of benzene rings is 8. The molecule has 0 unspecified atom stereocenters. The van der Waals surface area contributed by atoms with Gasteiger partial charge < -0.3 is 47.9 Å². The molecule has 0 saturated carbocycles. The highest BCUT2D eigenvalue weighted by Crippen LogP contribution is 2.39. The zero-order valence-corrected chi connectivity index (χ0v) is 51.5. The molecule has 422 valence electrons. The van der Waals surface area contributed by atoms with Crippen LogP contribution in [0.2, 0.25) is 0 Å². The molecule has 0 aliphatic carbocycles. The Morgan fingerprint density at radius 2 is 0.427 bits per heavy atom. The lowest BCUT2D eigenvalue weighted by Gasteiger charge is -2.09. The molecule has 2 N–H and O–H groups in total. The minimum Gasteiger partial charge on any atom is -0.377 e. The second-order valence-electron chi connectivity index (χ2n) is 19.0. The van der Waals surface area contributed by atoms with E-state index < -0.39 is 0 Å². The maximum atomic E-state index is 5.39. The van der Waals surface area contributed by atoms with Gasteiger partial charge in [-0.05, 0) is 81.9 Å². The summed E-state index contributed by atoms with van der Waals surface area (Å²) in [6.45, 7) is 8.89. The molecular formula is C66H62Br4N4O8. The van der Waals surface area contributed by atoms with E-state index in [0.29, 0.717) is 106 Å². The molecule has 2 aromatic heterocycles. The third-order valence-electron chi connectivity index (χ3n) is 13.5. The molecule has 0 atom stereocenters. The van der Waals surface area contributed by atoms with E-state index in [9.17, 15) is 0 Å². The fourth-order valence-corrected chi connectivity index (χ4v) is 10.4. The largest absolute Gasteiger partial charge is 0.377 e. The summed E-state index contributed by atoms with van der Waals surface area (Å²) in [7, 11) is 0. The Labute approximate surface area is 511 Å². The van der Waals surface area contributed by atoms with Crippen molar-refractivity contribution < 1.29 is 37.9 Å².